The predicted octanol–water partition coefficient (Wildman–Crippen LogP) is 5.04. The van der Waals surface area contributed by atoms with Gasteiger partial charge in [0.25, 0.3) is 0 Å². The van der Waals surface area contributed by atoms with Crippen LogP contribution < -0.4 is 10.6 Å². The summed E-state index contributed by atoms with van der Waals surface area (Å²) in [7, 11) is 0. The van der Waals surface area contributed by atoms with Gasteiger partial charge in [-0.1, -0.05) is 43.5 Å². The van der Waals surface area contributed by atoms with Crippen molar-refractivity contribution in [2.45, 2.75) is 45.6 Å². The lowest BCUT2D eigenvalue weighted by atomic mass is 9.89. The molecule has 0 bridgehead atoms. The lowest BCUT2D eigenvalue weighted by Gasteiger charge is -2.21. The van der Waals surface area contributed by atoms with Crippen molar-refractivity contribution >= 4 is 16.8 Å². The van der Waals surface area contributed by atoms with Gasteiger partial charge in [-0.15, -0.1) is 0 Å². The molecule has 31 heavy (non-hydrogen) atoms. The molecule has 164 valence electrons. The molecule has 1 saturated carbocycles. The van der Waals surface area contributed by atoms with Gasteiger partial charge in [-0.2, -0.15) is 0 Å². The second kappa shape index (κ2) is 10.1. The van der Waals surface area contributed by atoms with Crippen LogP contribution in [0.3, 0.4) is 0 Å². The van der Waals surface area contributed by atoms with Crippen molar-refractivity contribution in [2.24, 2.45) is 5.92 Å². The van der Waals surface area contributed by atoms with Crippen LogP contribution in [0.15, 0.2) is 48.7 Å². The Morgan fingerprint density at radius 2 is 1.81 bits per heavy atom. The average molecular weight is 422 g/mol. The van der Waals surface area contributed by atoms with Gasteiger partial charge in [0.05, 0.1) is 0 Å². The normalized spacial score (nSPS) is 14.8. The molecule has 4 nitrogen and oxygen atoms in total. The van der Waals surface area contributed by atoms with Crippen LogP contribution >= 0.6 is 0 Å². The molecule has 2 N–H and O–H groups in total. The molecule has 5 heteroatoms. The Morgan fingerprint density at radius 3 is 2.61 bits per heavy atom. The van der Waals surface area contributed by atoms with Crippen LogP contribution in [0, 0.1) is 18.7 Å². The largest absolute Gasteiger partial charge is 0.353 e. The third-order valence-electron chi connectivity index (χ3n) is 6.37. The number of carbonyl (C=O) groups excluding carboxylic acids is 1. The summed E-state index contributed by atoms with van der Waals surface area (Å²) in [6.07, 6.45) is 8.69. The Kier molecular flexibility index (Phi) is 7.03. The summed E-state index contributed by atoms with van der Waals surface area (Å²) >= 11 is 0. The van der Waals surface area contributed by atoms with Gasteiger partial charge in [-0.25, -0.2) is 4.39 Å². The zero-order chi connectivity index (χ0) is 21.6. The maximum Gasteiger partial charge on any atom is 0.239 e. The number of hydrogen-bond donors (Lipinski definition) is 2. The van der Waals surface area contributed by atoms with E-state index in [1.165, 1.54) is 32.1 Å². The number of aryl methyl sites for hydroxylation is 1. The lowest BCUT2D eigenvalue weighted by Crippen LogP contribution is -2.35. The number of nitrogens with zero attached hydrogens (tertiary/aromatic N) is 1. The minimum Gasteiger partial charge on any atom is -0.353 e. The van der Waals surface area contributed by atoms with Gasteiger partial charge >= 0.3 is 0 Å². The minimum absolute atomic E-state index is 0.00347. The van der Waals surface area contributed by atoms with E-state index in [2.05, 4.69) is 10.6 Å². The van der Waals surface area contributed by atoms with Crippen molar-refractivity contribution in [1.82, 2.24) is 15.2 Å². The van der Waals surface area contributed by atoms with E-state index >= 15 is 0 Å². The topological polar surface area (TPSA) is 46.1 Å². The van der Waals surface area contributed by atoms with E-state index in [0.717, 1.165) is 41.0 Å². The first kappa shape index (κ1) is 21.6. The fourth-order valence-electron chi connectivity index (χ4n) is 4.47. The fourth-order valence-corrected chi connectivity index (χ4v) is 4.47. The van der Waals surface area contributed by atoms with Gasteiger partial charge in [0.15, 0.2) is 0 Å². The first-order valence-electron chi connectivity index (χ1n) is 11.4. The summed E-state index contributed by atoms with van der Waals surface area (Å²) in [5, 5.41) is 7.56. The van der Waals surface area contributed by atoms with E-state index in [4.69, 9.17) is 0 Å². The Hall–Kier alpha value is -2.66. The molecular weight excluding hydrogens is 389 g/mol. The first-order valence-corrected chi connectivity index (χ1v) is 11.4. The minimum atomic E-state index is -0.204. The van der Waals surface area contributed by atoms with E-state index in [0.29, 0.717) is 12.1 Å². The number of rotatable bonds is 8. The number of benzene rings is 2. The molecule has 1 aromatic heterocycles. The maximum atomic E-state index is 14.0. The number of carbonyl (C=O) groups is 1. The lowest BCUT2D eigenvalue weighted by molar-refractivity contribution is -0.121. The Balaban J connectivity index is 1.32. The average Bonchev–Trinajstić information content (AvgIpc) is 3.18. The molecule has 0 spiro atoms. The third kappa shape index (κ3) is 5.53. The summed E-state index contributed by atoms with van der Waals surface area (Å²) in [6, 6.07) is 13.3. The number of fused-ring (bicyclic) bond motifs is 1. The Morgan fingerprint density at radius 1 is 1.03 bits per heavy atom. The van der Waals surface area contributed by atoms with Gasteiger partial charge in [0, 0.05) is 24.8 Å². The molecule has 1 aliphatic carbocycles. The standard InChI is InChI=1S/C26H32FN3O/c1-19-7-8-22(15-24(19)27)23-10-9-21-11-14-30(25(21)16-23)18-26(31)29-13-12-28-17-20-5-3-2-4-6-20/h7-11,14-16,20,28H,2-6,12-13,17-18H2,1H3,(H,29,31). The van der Waals surface area contributed by atoms with Crippen molar-refractivity contribution in [3.8, 4) is 11.1 Å². The molecule has 2 aromatic carbocycles. The zero-order valence-electron chi connectivity index (χ0n) is 18.3. The summed E-state index contributed by atoms with van der Waals surface area (Å²) < 4.78 is 15.9. The second-order valence-electron chi connectivity index (χ2n) is 8.74. The van der Waals surface area contributed by atoms with E-state index in [-0.39, 0.29) is 18.3 Å². The molecule has 1 fully saturated rings. The van der Waals surface area contributed by atoms with Gasteiger partial charge in [-0.05, 0) is 72.5 Å². The smallest absolute Gasteiger partial charge is 0.239 e. The number of halogens is 1. The summed E-state index contributed by atoms with van der Waals surface area (Å²) in [6.45, 7) is 4.53. The molecule has 3 aromatic rings. The highest BCUT2D eigenvalue weighted by Gasteiger charge is 2.13. The molecule has 0 saturated heterocycles. The summed E-state index contributed by atoms with van der Waals surface area (Å²) in [5.41, 5.74) is 3.40. The van der Waals surface area contributed by atoms with Crippen molar-refractivity contribution in [3.63, 3.8) is 0 Å². The third-order valence-corrected chi connectivity index (χ3v) is 6.37. The van der Waals surface area contributed by atoms with E-state index in [1.807, 2.05) is 41.1 Å². The molecule has 0 aliphatic heterocycles. The van der Waals surface area contributed by atoms with Gasteiger partial charge in [0.1, 0.15) is 12.4 Å². The quantitative estimate of drug-likeness (QED) is 0.501. The number of hydrogen-bond acceptors (Lipinski definition) is 2. The molecule has 1 aliphatic rings. The van der Waals surface area contributed by atoms with Crippen LogP contribution in [0.1, 0.15) is 37.7 Å². The van der Waals surface area contributed by atoms with E-state index in [9.17, 15) is 9.18 Å². The molecule has 0 unspecified atom stereocenters. The van der Waals surface area contributed by atoms with Crippen LogP contribution in [-0.2, 0) is 11.3 Å². The second-order valence-corrected chi connectivity index (χ2v) is 8.74. The molecule has 1 heterocycles. The fraction of sp³-hybridized carbons (Fsp3) is 0.423. The molecule has 0 atom stereocenters. The van der Waals surface area contributed by atoms with Crippen LogP contribution in [-0.4, -0.2) is 30.1 Å². The molecule has 0 radical (unpaired) electrons. The number of nitrogens with one attached hydrogen (secondary N) is 2. The molecular formula is C26H32FN3O. The SMILES string of the molecule is Cc1ccc(-c2ccc3ccn(CC(=O)NCCNCC4CCCCC4)c3c2)cc1F. The zero-order valence-corrected chi connectivity index (χ0v) is 18.3. The summed E-state index contributed by atoms with van der Waals surface area (Å²) in [4.78, 5) is 12.4. The highest BCUT2D eigenvalue weighted by Crippen LogP contribution is 2.26. The number of amides is 1. The molecule has 4 rings (SSSR count). The predicted molar refractivity (Wildman–Crippen MR) is 125 cm³/mol. The Bertz CT molecular complexity index is 1040. The van der Waals surface area contributed by atoms with E-state index < -0.39 is 0 Å². The van der Waals surface area contributed by atoms with Gasteiger partial charge in [-0.3, -0.25) is 4.79 Å². The van der Waals surface area contributed by atoms with Crippen LogP contribution in [0.25, 0.3) is 22.0 Å². The van der Waals surface area contributed by atoms with Crippen molar-refractivity contribution in [1.29, 1.82) is 0 Å². The molecule has 1 amide bonds. The van der Waals surface area contributed by atoms with Crippen LogP contribution in [0.2, 0.25) is 0 Å². The van der Waals surface area contributed by atoms with Crippen LogP contribution in [0.5, 0.6) is 0 Å². The highest BCUT2D eigenvalue weighted by molar-refractivity contribution is 5.87. The van der Waals surface area contributed by atoms with Crippen molar-refractivity contribution in [2.75, 3.05) is 19.6 Å². The number of aromatic nitrogens is 1. The highest BCUT2D eigenvalue weighted by atomic mass is 19.1. The monoisotopic (exact) mass is 421 g/mol. The first-order chi connectivity index (χ1) is 15.1. The summed E-state index contributed by atoms with van der Waals surface area (Å²) in [5.74, 6) is 0.597. The van der Waals surface area contributed by atoms with Crippen molar-refractivity contribution < 1.29 is 9.18 Å². The van der Waals surface area contributed by atoms with E-state index in [1.54, 1.807) is 19.1 Å². The van der Waals surface area contributed by atoms with Crippen LogP contribution in [0.4, 0.5) is 4.39 Å². The van der Waals surface area contributed by atoms with Gasteiger partial charge < -0.3 is 15.2 Å². The Labute approximate surface area is 183 Å². The maximum absolute atomic E-state index is 14.0. The van der Waals surface area contributed by atoms with Crippen molar-refractivity contribution in [3.05, 3.63) is 60.0 Å². The van der Waals surface area contributed by atoms with Gasteiger partial charge in [0.2, 0.25) is 5.91 Å².